The van der Waals surface area contributed by atoms with Crippen LogP contribution in [0.25, 0.3) is 0 Å². The van der Waals surface area contributed by atoms with E-state index in [2.05, 4.69) is 70.2 Å². The van der Waals surface area contributed by atoms with Crippen LogP contribution >= 0.6 is 35.5 Å². The third kappa shape index (κ3) is 265. The first kappa shape index (κ1) is 146. The zero-order valence-corrected chi connectivity index (χ0v) is 74.1. The largest absolute Gasteiger partial charge is 0.483 e. The standard InChI is InChI=1S/C4H8N2.C4H7NO.C4H7NS.C4H8O2.2C3H6N2.2C3H5NO.2C3H5NS.20C2H6/c4*1-2-5-4-6-3-1;1-2-5-3-4-1;1-2-4-5-3-1;1-2-5-3-4-1;1-2-4-5-3-1;1-2-5-3-4-1;1-2-4-5-3-1;20*1-2/h4H,1-3H2,(H,5,6);2*4H,1-3H2;1-4H2;3H,1-2H2,(H,4,5);2,5H,1,3H2;3H,1-2H2;2H,1,3H2;3H,1-2H2;2H,1,3H2;20*1-2H3. The minimum absolute atomic E-state index is 0.500. The minimum atomic E-state index is 0.500. The van der Waals surface area contributed by atoms with Crippen LogP contribution in [0.1, 0.15) is 322 Å². The van der Waals surface area contributed by atoms with E-state index < -0.39 is 0 Å². The van der Waals surface area contributed by atoms with E-state index in [4.69, 9.17) is 14.2 Å². The fourth-order valence-electron chi connectivity index (χ4n) is 3.40. The molecule has 17 nitrogen and oxygen atoms in total. The smallest absolute Gasteiger partial charge is 0.169 e. The summed E-state index contributed by atoms with van der Waals surface area (Å²) in [5.41, 5.74) is 6.63. The molecule has 10 heterocycles. The molecule has 0 aliphatic carbocycles. The number of hydrogen-bond donors (Lipinski definition) is 3. The lowest BCUT2D eigenvalue weighted by molar-refractivity contribution is -0.0963. The number of ether oxygens (including phenoxy) is 4. The van der Waals surface area contributed by atoms with Crippen LogP contribution in [0.2, 0.25) is 0 Å². The van der Waals surface area contributed by atoms with Gasteiger partial charge < -0.3 is 39.8 Å². The quantitative estimate of drug-likeness (QED) is 0.195. The Morgan fingerprint density at radius 1 is 0.319 bits per heavy atom. The summed E-state index contributed by atoms with van der Waals surface area (Å²) in [6.45, 7) is 93.7. The van der Waals surface area contributed by atoms with E-state index in [1.165, 1.54) is 49.3 Å². The Labute approximate surface area is 609 Å². The number of oxime groups is 1. The summed E-state index contributed by atoms with van der Waals surface area (Å²) in [4.78, 5) is 27.8. The van der Waals surface area contributed by atoms with Crippen molar-refractivity contribution >= 4 is 90.7 Å². The van der Waals surface area contributed by atoms with Gasteiger partial charge in [-0.3, -0.25) is 30.0 Å². The molecule has 586 valence electrons. The molecule has 10 rings (SSSR count). The van der Waals surface area contributed by atoms with E-state index in [1.54, 1.807) is 54.4 Å². The third-order valence-electron chi connectivity index (χ3n) is 6.02. The van der Waals surface area contributed by atoms with E-state index in [0.717, 1.165) is 118 Å². The van der Waals surface area contributed by atoms with Gasteiger partial charge in [-0.15, -0.1) is 23.5 Å². The van der Waals surface area contributed by atoms with Crippen molar-refractivity contribution in [2.24, 2.45) is 44.6 Å². The van der Waals surface area contributed by atoms with Gasteiger partial charge in [-0.05, 0) is 37.6 Å². The van der Waals surface area contributed by atoms with Gasteiger partial charge >= 0.3 is 0 Å². The van der Waals surface area contributed by atoms with E-state index in [0.29, 0.717) is 6.79 Å². The molecule has 0 bridgehead atoms. The van der Waals surface area contributed by atoms with Crippen LogP contribution in [-0.2, 0) is 23.8 Å². The fourth-order valence-corrected chi connectivity index (χ4v) is 5.07. The first-order valence-electron chi connectivity index (χ1n) is 38.5. The summed E-state index contributed by atoms with van der Waals surface area (Å²) in [6, 6.07) is 0. The summed E-state index contributed by atoms with van der Waals surface area (Å²) in [7, 11) is 0. The number of nitrogens with zero attached hydrogens (tertiary/aromatic N) is 9. The number of thioether (sulfide) groups is 2. The molecule has 1 fully saturated rings. The molecule has 10 aliphatic heterocycles. The summed E-state index contributed by atoms with van der Waals surface area (Å²) >= 11 is 5.23. The molecule has 0 amide bonds. The van der Waals surface area contributed by atoms with E-state index in [9.17, 15) is 0 Å². The van der Waals surface area contributed by atoms with Crippen molar-refractivity contribution in [1.29, 1.82) is 0 Å². The van der Waals surface area contributed by atoms with Gasteiger partial charge in [0.1, 0.15) is 20.0 Å². The molecule has 10 aliphatic rings. The molecule has 0 aromatic carbocycles. The van der Waals surface area contributed by atoms with Gasteiger partial charge in [0.2, 0.25) is 0 Å². The lowest BCUT2D eigenvalue weighted by Gasteiger charge is -2.09. The van der Waals surface area contributed by atoms with Crippen LogP contribution in [0.15, 0.2) is 44.6 Å². The number of nitrogens with one attached hydrogen (secondary N) is 3. The number of rotatable bonds is 0. The normalized spacial score (nSPS) is 13.0. The molecule has 1 saturated heterocycles. The zero-order valence-electron chi connectivity index (χ0n) is 71.7. The Morgan fingerprint density at radius 3 is 0.862 bits per heavy atom. The second-order valence-corrected chi connectivity index (χ2v) is 13.5. The Kier molecular flexibility index (Phi) is 426. The van der Waals surface area contributed by atoms with Gasteiger partial charge in [0.05, 0.1) is 56.7 Å². The van der Waals surface area contributed by atoms with Gasteiger partial charge in [-0.1, -0.05) is 282 Å². The molecule has 0 saturated carbocycles. The number of hydrazone groups is 1. The zero-order chi connectivity index (χ0) is 78.2. The number of aliphatic imine (C=N–C) groups is 6. The van der Waals surface area contributed by atoms with Gasteiger partial charge in [0.25, 0.3) is 0 Å². The second-order valence-electron chi connectivity index (χ2n) is 10.7. The van der Waals surface area contributed by atoms with Crippen molar-refractivity contribution < 1.29 is 23.8 Å². The maximum absolute atomic E-state index is 4.85. The van der Waals surface area contributed by atoms with Crippen LogP contribution in [0.5, 0.6) is 0 Å². The van der Waals surface area contributed by atoms with Crippen molar-refractivity contribution in [2.45, 2.75) is 322 Å². The molecule has 94 heavy (non-hydrogen) atoms. The number of hydrogen-bond acceptors (Lipinski definition) is 20. The van der Waals surface area contributed by atoms with E-state index >= 15 is 0 Å². The molecule has 0 unspecified atom stereocenters. The molecule has 0 atom stereocenters. The van der Waals surface area contributed by atoms with E-state index in [-0.39, 0.29) is 0 Å². The van der Waals surface area contributed by atoms with Crippen LogP contribution < -0.4 is 16.1 Å². The first-order valence-corrected chi connectivity index (χ1v) is 41.5. The summed E-state index contributed by atoms with van der Waals surface area (Å²) < 4.78 is 23.0. The molecule has 0 radical (unpaired) electrons. The predicted octanol–water partition coefficient (Wildman–Crippen LogP) is 24.4. The Hall–Kier alpha value is -3.20. The lowest BCUT2D eigenvalue weighted by atomic mass is 10.4. The van der Waals surface area contributed by atoms with Crippen LogP contribution in [-0.4, -0.2) is 171 Å². The molecular formula is C74H182N12O5S3. The molecule has 0 aromatic heterocycles. The highest BCUT2D eigenvalue weighted by molar-refractivity contribution is 8.12. The highest BCUT2D eigenvalue weighted by Crippen LogP contribution is 2.07. The SMILES string of the molecule is C1=NCCCN1.C1=NCCCO1.C1=NCCCS1.C1=NCCN1.C1=NCCO1.C1=NCCS1.C1=NNCC1.C1=NOCC1.C1=NSCC1.C1COCOC1.CC.CC.CC.CC.CC.CC.CC.CC.CC.CC.CC.CC.CC.CC.CC.CC.CC.CC.CC.CC. The first-order chi connectivity index (χ1) is 47.0. The van der Waals surface area contributed by atoms with Crippen LogP contribution in [0.3, 0.4) is 0 Å². The molecule has 0 spiro atoms. The molecule has 3 N–H and O–H groups in total. The Morgan fingerprint density at radius 2 is 0.755 bits per heavy atom. The van der Waals surface area contributed by atoms with Crippen molar-refractivity contribution in [1.82, 2.24) is 16.1 Å². The van der Waals surface area contributed by atoms with Gasteiger partial charge in [0.15, 0.2) is 12.8 Å². The summed E-state index contributed by atoms with van der Waals surface area (Å²) in [5, 5.41) is 13.1. The monoisotopic (exact) mass is 1420 g/mol. The molecular weight excluding hydrogens is 1230 g/mol. The minimum Gasteiger partial charge on any atom is -0.483 e. The van der Waals surface area contributed by atoms with Crippen molar-refractivity contribution in [3.05, 3.63) is 0 Å². The second kappa shape index (κ2) is 274. The predicted molar refractivity (Wildman–Crippen MR) is 461 cm³/mol. The van der Waals surface area contributed by atoms with Crippen molar-refractivity contribution in [2.75, 3.05) is 116 Å². The fraction of sp³-hybridized carbons (Fsp3) is 0.878. The van der Waals surface area contributed by atoms with Gasteiger partial charge in [0, 0.05) is 101 Å². The third-order valence-corrected chi connectivity index (χ3v) is 8.27. The maximum Gasteiger partial charge on any atom is 0.169 e. The highest BCUT2D eigenvalue weighted by atomic mass is 32.2. The average Bonchev–Trinajstić information content (AvgIpc) is 4.62. The summed E-state index contributed by atoms with van der Waals surface area (Å²) in [5.74, 6) is 3.66. The molecule has 20 heteroatoms. The Balaban J connectivity index is -0.0000000340. The highest BCUT2D eigenvalue weighted by Gasteiger charge is 1.95. The summed E-state index contributed by atoms with van der Waals surface area (Å²) in [6.07, 6.45) is 19.9. The van der Waals surface area contributed by atoms with Crippen LogP contribution in [0.4, 0.5) is 0 Å². The van der Waals surface area contributed by atoms with Gasteiger partial charge in [-0.25, -0.2) is 4.40 Å². The topological polar surface area (TPSA) is 193 Å². The average molecular weight is 1420 g/mol. The van der Waals surface area contributed by atoms with Crippen LogP contribution in [0, 0.1) is 0 Å². The lowest BCUT2D eigenvalue weighted by Crippen LogP contribution is -2.17. The van der Waals surface area contributed by atoms with Crippen molar-refractivity contribution in [3.8, 4) is 0 Å². The Bertz CT molecular complexity index is 846. The van der Waals surface area contributed by atoms with Crippen molar-refractivity contribution in [3.63, 3.8) is 0 Å². The van der Waals surface area contributed by atoms with E-state index in [1.807, 2.05) is 300 Å². The van der Waals surface area contributed by atoms with Gasteiger partial charge in [-0.2, -0.15) is 5.10 Å². The maximum atomic E-state index is 4.85. The molecule has 0 aromatic rings.